The van der Waals surface area contributed by atoms with E-state index in [2.05, 4.69) is 15.3 Å². The van der Waals surface area contributed by atoms with E-state index >= 15 is 0 Å². The average Bonchev–Trinajstić information content (AvgIpc) is 2.98. The minimum atomic E-state index is -0.413. The number of thiazole rings is 1. The van der Waals surface area contributed by atoms with E-state index in [9.17, 15) is 9.59 Å². The molecule has 7 heteroatoms. The quantitative estimate of drug-likeness (QED) is 0.783. The average molecular weight is 300 g/mol. The van der Waals surface area contributed by atoms with Gasteiger partial charge < -0.3 is 5.32 Å². The van der Waals surface area contributed by atoms with Gasteiger partial charge in [-0.15, -0.1) is 11.3 Å². The topological polar surface area (TPSA) is 76.4 Å². The zero-order valence-electron chi connectivity index (χ0n) is 11.0. The number of amides is 1. The van der Waals surface area contributed by atoms with Crippen LogP contribution in [0, 0.1) is 0 Å². The van der Waals surface area contributed by atoms with Crippen molar-refractivity contribution in [3.63, 3.8) is 0 Å². The van der Waals surface area contributed by atoms with Gasteiger partial charge in [0, 0.05) is 42.6 Å². The van der Waals surface area contributed by atoms with Gasteiger partial charge in [0.1, 0.15) is 5.56 Å². The summed E-state index contributed by atoms with van der Waals surface area (Å²) in [5, 5.41) is 4.47. The van der Waals surface area contributed by atoms with Crippen molar-refractivity contribution in [1.29, 1.82) is 0 Å². The summed E-state index contributed by atoms with van der Waals surface area (Å²) in [6.07, 6.45) is 5.25. The first-order chi connectivity index (χ1) is 10.3. The summed E-state index contributed by atoms with van der Waals surface area (Å²) in [5.74, 6) is -0.413. The molecule has 0 bridgehead atoms. The second kappa shape index (κ2) is 5.84. The molecule has 1 N–H and O–H groups in total. The first kappa shape index (κ1) is 13.4. The largest absolute Gasteiger partial charge is 0.351 e. The Labute approximate surface area is 124 Å². The van der Waals surface area contributed by atoms with Crippen LogP contribution < -0.4 is 10.9 Å². The van der Waals surface area contributed by atoms with Gasteiger partial charge in [-0.1, -0.05) is 6.07 Å². The molecule has 1 amide bonds. The fourth-order valence-corrected chi connectivity index (χ4v) is 2.60. The van der Waals surface area contributed by atoms with Crippen molar-refractivity contribution in [2.75, 3.05) is 6.54 Å². The standard InChI is InChI=1S/C14H12N4O2S/c19-12(16-6-4-10-3-1-2-5-15-10)11-9-17-14-18(13(11)20)7-8-21-14/h1-3,5,7-9H,4,6H2,(H,16,19). The second-order valence-corrected chi connectivity index (χ2v) is 5.23. The maximum atomic E-state index is 12.1. The zero-order chi connectivity index (χ0) is 14.7. The predicted molar refractivity (Wildman–Crippen MR) is 79.6 cm³/mol. The number of fused-ring (bicyclic) bond motifs is 1. The Hall–Kier alpha value is -2.54. The first-order valence-electron chi connectivity index (χ1n) is 6.38. The van der Waals surface area contributed by atoms with Crippen molar-refractivity contribution >= 4 is 22.2 Å². The molecule has 0 unspecified atom stereocenters. The molecule has 0 saturated heterocycles. The normalized spacial score (nSPS) is 10.7. The van der Waals surface area contributed by atoms with E-state index in [4.69, 9.17) is 0 Å². The lowest BCUT2D eigenvalue weighted by Crippen LogP contribution is -2.32. The molecule has 0 aliphatic rings. The van der Waals surface area contributed by atoms with Crippen LogP contribution in [0.1, 0.15) is 16.1 Å². The lowest BCUT2D eigenvalue weighted by molar-refractivity contribution is 0.0952. The Morgan fingerprint density at radius 3 is 3.05 bits per heavy atom. The minimum Gasteiger partial charge on any atom is -0.351 e. The molecule has 0 saturated carbocycles. The molecule has 6 nitrogen and oxygen atoms in total. The van der Waals surface area contributed by atoms with Gasteiger partial charge in [-0.2, -0.15) is 0 Å². The van der Waals surface area contributed by atoms with Crippen molar-refractivity contribution in [2.45, 2.75) is 6.42 Å². The Morgan fingerprint density at radius 2 is 2.24 bits per heavy atom. The summed E-state index contributed by atoms with van der Waals surface area (Å²) < 4.78 is 1.37. The summed E-state index contributed by atoms with van der Waals surface area (Å²) in [7, 11) is 0. The Balaban J connectivity index is 1.69. The van der Waals surface area contributed by atoms with Crippen LogP contribution in [0.25, 0.3) is 4.96 Å². The van der Waals surface area contributed by atoms with E-state index in [1.807, 2.05) is 18.2 Å². The monoisotopic (exact) mass is 300 g/mol. The maximum absolute atomic E-state index is 12.1. The van der Waals surface area contributed by atoms with Crippen LogP contribution >= 0.6 is 11.3 Å². The van der Waals surface area contributed by atoms with Crippen LogP contribution in [-0.2, 0) is 6.42 Å². The summed E-state index contributed by atoms with van der Waals surface area (Å²) in [5.41, 5.74) is 0.587. The summed E-state index contributed by atoms with van der Waals surface area (Å²) in [4.78, 5) is 33.0. The van der Waals surface area contributed by atoms with Crippen molar-refractivity contribution in [2.24, 2.45) is 0 Å². The van der Waals surface area contributed by atoms with Gasteiger partial charge in [-0.25, -0.2) is 4.98 Å². The third-order valence-corrected chi connectivity index (χ3v) is 3.75. The molecule has 0 aliphatic heterocycles. The molecule has 3 aromatic rings. The third kappa shape index (κ3) is 2.82. The van der Waals surface area contributed by atoms with E-state index in [0.29, 0.717) is 17.9 Å². The molecule has 3 rings (SSSR count). The minimum absolute atomic E-state index is 0.0481. The van der Waals surface area contributed by atoms with Crippen LogP contribution in [0.5, 0.6) is 0 Å². The summed E-state index contributed by atoms with van der Waals surface area (Å²) in [6.45, 7) is 0.418. The van der Waals surface area contributed by atoms with Crippen molar-refractivity contribution < 1.29 is 4.79 Å². The number of rotatable bonds is 4. The highest BCUT2D eigenvalue weighted by Gasteiger charge is 2.13. The molecule has 0 spiro atoms. The highest BCUT2D eigenvalue weighted by atomic mass is 32.1. The van der Waals surface area contributed by atoms with E-state index in [1.165, 1.54) is 21.9 Å². The molecule has 3 heterocycles. The van der Waals surface area contributed by atoms with Crippen LogP contribution in [0.2, 0.25) is 0 Å². The Kier molecular flexibility index (Phi) is 3.74. The number of pyridine rings is 1. The van der Waals surface area contributed by atoms with Crippen LogP contribution in [-0.4, -0.2) is 26.8 Å². The van der Waals surface area contributed by atoms with Crippen LogP contribution in [0.3, 0.4) is 0 Å². The van der Waals surface area contributed by atoms with E-state index in [1.54, 1.807) is 17.8 Å². The molecule has 0 fully saturated rings. The number of carbonyl (C=O) groups excluding carboxylic acids is 1. The number of hydrogen-bond acceptors (Lipinski definition) is 5. The molecule has 0 atom stereocenters. The zero-order valence-corrected chi connectivity index (χ0v) is 11.8. The molecule has 0 aliphatic carbocycles. The Morgan fingerprint density at radius 1 is 1.33 bits per heavy atom. The number of hydrogen-bond donors (Lipinski definition) is 1. The van der Waals surface area contributed by atoms with Crippen molar-refractivity contribution in [3.8, 4) is 0 Å². The SMILES string of the molecule is O=C(NCCc1ccccn1)c1cnc2sccn2c1=O. The number of aromatic nitrogens is 3. The van der Waals surface area contributed by atoms with Crippen molar-refractivity contribution in [1.82, 2.24) is 19.7 Å². The fraction of sp³-hybridized carbons (Fsp3) is 0.143. The van der Waals surface area contributed by atoms with Gasteiger partial charge in [-0.05, 0) is 12.1 Å². The molecule has 21 heavy (non-hydrogen) atoms. The highest BCUT2D eigenvalue weighted by molar-refractivity contribution is 7.15. The predicted octanol–water partition coefficient (Wildman–Crippen LogP) is 1.12. The lowest BCUT2D eigenvalue weighted by Gasteiger charge is -2.04. The second-order valence-electron chi connectivity index (χ2n) is 4.36. The van der Waals surface area contributed by atoms with E-state index in [0.717, 1.165) is 5.69 Å². The van der Waals surface area contributed by atoms with Gasteiger partial charge in [0.15, 0.2) is 4.96 Å². The first-order valence-corrected chi connectivity index (χ1v) is 7.26. The van der Waals surface area contributed by atoms with Crippen LogP contribution in [0.4, 0.5) is 0 Å². The molecule has 0 aromatic carbocycles. The Bertz CT molecular complexity index is 826. The lowest BCUT2D eigenvalue weighted by atomic mass is 10.2. The van der Waals surface area contributed by atoms with Gasteiger partial charge >= 0.3 is 0 Å². The molecular weight excluding hydrogens is 288 g/mol. The van der Waals surface area contributed by atoms with Gasteiger partial charge in [0.05, 0.1) is 0 Å². The third-order valence-electron chi connectivity index (χ3n) is 2.98. The van der Waals surface area contributed by atoms with Gasteiger partial charge in [0.25, 0.3) is 11.5 Å². The fourth-order valence-electron chi connectivity index (χ4n) is 1.93. The molecule has 106 valence electrons. The summed E-state index contributed by atoms with van der Waals surface area (Å²) >= 11 is 1.35. The summed E-state index contributed by atoms with van der Waals surface area (Å²) in [6, 6.07) is 5.62. The number of nitrogens with one attached hydrogen (secondary N) is 1. The number of nitrogens with zero attached hydrogens (tertiary/aromatic N) is 3. The molecular formula is C14H12N4O2S. The van der Waals surface area contributed by atoms with E-state index < -0.39 is 5.91 Å². The van der Waals surface area contributed by atoms with Crippen LogP contribution in [0.15, 0.2) is 47.0 Å². The smallest absolute Gasteiger partial charge is 0.271 e. The molecule has 3 aromatic heterocycles. The van der Waals surface area contributed by atoms with E-state index in [-0.39, 0.29) is 11.1 Å². The molecule has 0 radical (unpaired) electrons. The van der Waals surface area contributed by atoms with Gasteiger partial charge in [0.2, 0.25) is 0 Å². The highest BCUT2D eigenvalue weighted by Crippen LogP contribution is 2.05. The maximum Gasteiger partial charge on any atom is 0.271 e. The van der Waals surface area contributed by atoms with Gasteiger partial charge in [-0.3, -0.25) is 19.0 Å². The van der Waals surface area contributed by atoms with Crippen molar-refractivity contribution in [3.05, 3.63) is 63.8 Å². The number of carbonyl (C=O) groups is 1.